The number of hydrogen-bond donors (Lipinski definition) is 1. The van der Waals surface area contributed by atoms with Gasteiger partial charge in [-0.2, -0.15) is 5.10 Å². The summed E-state index contributed by atoms with van der Waals surface area (Å²) >= 11 is 6.32. The van der Waals surface area contributed by atoms with E-state index < -0.39 is 0 Å². The maximum absolute atomic E-state index is 6.32. The summed E-state index contributed by atoms with van der Waals surface area (Å²) in [5.74, 6) is 0. The number of benzene rings is 1. The van der Waals surface area contributed by atoms with Crippen molar-refractivity contribution in [3.8, 4) is 11.1 Å². The quantitative estimate of drug-likeness (QED) is 0.897. The largest absolute Gasteiger partial charge is 0.316 e. The van der Waals surface area contributed by atoms with Crippen LogP contribution in [0.4, 0.5) is 0 Å². The molecule has 3 nitrogen and oxygen atoms in total. The molecular weight excluding hydrogens is 246 g/mol. The van der Waals surface area contributed by atoms with Crippen molar-refractivity contribution >= 4 is 11.6 Å². The Morgan fingerprint density at radius 2 is 2.22 bits per heavy atom. The fourth-order valence-electron chi connectivity index (χ4n) is 1.96. The molecule has 1 aromatic carbocycles. The minimum atomic E-state index is 0.777. The Morgan fingerprint density at radius 1 is 1.39 bits per heavy atom. The fourth-order valence-corrected chi connectivity index (χ4v) is 2.27. The molecule has 1 N–H and O–H groups in total. The average Bonchev–Trinajstić information content (AvgIpc) is 2.78. The van der Waals surface area contributed by atoms with E-state index in [0.29, 0.717) is 0 Å². The monoisotopic (exact) mass is 263 g/mol. The lowest BCUT2D eigenvalue weighted by molar-refractivity contribution is 0.603. The molecule has 96 valence electrons. The van der Waals surface area contributed by atoms with Crippen LogP contribution in [-0.4, -0.2) is 16.8 Å². The van der Waals surface area contributed by atoms with E-state index in [1.807, 2.05) is 30.2 Å². The highest BCUT2D eigenvalue weighted by molar-refractivity contribution is 6.33. The van der Waals surface area contributed by atoms with Gasteiger partial charge in [0.05, 0.1) is 6.20 Å². The normalized spacial score (nSPS) is 10.8. The number of rotatable bonds is 5. The Labute approximate surface area is 113 Å². The molecular formula is C14H18ClN3. The highest BCUT2D eigenvalue weighted by atomic mass is 35.5. The minimum Gasteiger partial charge on any atom is -0.316 e. The topological polar surface area (TPSA) is 29.9 Å². The lowest BCUT2D eigenvalue weighted by Crippen LogP contribution is -2.04. The number of halogens is 1. The highest BCUT2D eigenvalue weighted by Crippen LogP contribution is 2.28. The van der Waals surface area contributed by atoms with Gasteiger partial charge in [-0.25, -0.2) is 0 Å². The molecule has 0 saturated heterocycles. The third-order valence-corrected chi connectivity index (χ3v) is 3.12. The number of aryl methyl sites for hydroxylation is 1. The van der Waals surface area contributed by atoms with Crippen molar-refractivity contribution in [2.45, 2.75) is 26.4 Å². The van der Waals surface area contributed by atoms with E-state index in [0.717, 1.165) is 35.7 Å². The molecule has 0 bridgehead atoms. The summed E-state index contributed by atoms with van der Waals surface area (Å²) in [6.45, 7) is 3.91. The second kappa shape index (κ2) is 6.03. The van der Waals surface area contributed by atoms with Crippen molar-refractivity contribution in [3.05, 3.63) is 41.2 Å². The van der Waals surface area contributed by atoms with Crippen molar-refractivity contribution < 1.29 is 0 Å². The average molecular weight is 264 g/mol. The fraction of sp³-hybridized carbons (Fsp3) is 0.357. The summed E-state index contributed by atoms with van der Waals surface area (Å²) in [6.07, 6.45) is 4.99. The van der Waals surface area contributed by atoms with Gasteiger partial charge in [0.15, 0.2) is 0 Å². The van der Waals surface area contributed by atoms with Gasteiger partial charge in [0, 0.05) is 35.4 Å². The van der Waals surface area contributed by atoms with Crippen LogP contribution in [-0.2, 0) is 13.1 Å². The molecule has 0 aliphatic rings. The lowest BCUT2D eigenvalue weighted by Gasteiger charge is -2.05. The first kappa shape index (κ1) is 13.1. The predicted molar refractivity (Wildman–Crippen MR) is 75.7 cm³/mol. The molecule has 18 heavy (non-hydrogen) atoms. The smallest absolute Gasteiger partial charge is 0.0568 e. The van der Waals surface area contributed by atoms with Gasteiger partial charge in [-0.15, -0.1) is 0 Å². The summed E-state index contributed by atoms with van der Waals surface area (Å²) in [4.78, 5) is 0. The Bertz CT molecular complexity index is 520. The first-order chi connectivity index (χ1) is 8.74. The zero-order chi connectivity index (χ0) is 13.0. The maximum Gasteiger partial charge on any atom is 0.0568 e. The summed E-state index contributed by atoms with van der Waals surface area (Å²) in [5.41, 5.74) is 3.30. The lowest BCUT2D eigenvalue weighted by atomic mass is 10.1. The standard InChI is InChI=1S/C14H18ClN3/c1-3-6-18-10-12(9-17-18)13-5-4-11(8-16-2)7-14(13)15/h4-5,7,9-10,16H,3,6,8H2,1-2H3. The molecule has 0 aliphatic carbocycles. The predicted octanol–water partition coefficient (Wildman–Crippen LogP) is 3.33. The van der Waals surface area contributed by atoms with E-state index >= 15 is 0 Å². The molecule has 1 aromatic heterocycles. The summed E-state index contributed by atoms with van der Waals surface area (Å²) < 4.78 is 1.95. The molecule has 0 fully saturated rings. The van der Waals surface area contributed by atoms with Crippen molar-refractivity contribution in [2.75, 3.05) is 7.05 Å². The molecule has 0 radical (unpaired) electrons. The second-order valence-electron chi connectivity index (χ2n) is 4.34. The molecule has 0 unspecified atom stereocenters. The molecule has 4 heteroatoms. The number of nitrogens with zero attached hydrogens (tertiary/aromatic N) is 2. The van der Waals surface area contributed by atoms with Crippen LogP contribution in [0.25, 0.3) is 11.1 Å². The first-order valence-electron chi connectivity index (χ1n) is 6.20. The van der Waals surface area contributed by atoms with Crippen LogP contribution < -0.4 is 5.32 Å². The van der Waals surface area contributed by atoms with E-state index in [-0.39, 0.29) is 0 Å². The van der Waals surface area contributed by atoms with Gasteiger partial charge in [-0.1, -0.05) is 30.7 Å². The Hall–Kier alpha value is -1.32. The van der Waals surface area contributed by atoms with Gasteiger partial charge < -0.3 is 5.32 Å². The van der Waals surface area contributed by atoms with Crippen LogP contribution in [0.3, 0.4) is 0 Å². The van der Waals surface area contributed by atoms with Crippen molar-refractivity contribution in [1.29, 1.82) is 0 Å². The van der Waals surface area contributed by atoms with Gasteiger partial charge in [0.1, 0.15) is 0 Å². The van der Waals surface area contributed by atoms with Crippen molar-refractivity contribution in [2.24, 2.45) is 0 Å². The van der Waals surface area contributed by atoms with Crippen LogP contribution >= 0.6 is 11.6 Å². The van der Waals surface area contributed by atoms with Gasteiger partial charge in [-0.05, 0) is 25.1 Å². The molecule has 1 heterocycles. The molecule has 2 rings (SSSR count). The Balaban J connectivity index is 2.26. The second-order valence-corrected chi connectivity index (χ2v) is 4.74. The maximum atomic E-state index is 6.32. The van der Waals surface area contributed by atoms with E-state index in [9.17, 15) is 0 Å². The van der Waals surface area contributed by atoms with Crippen LogP contribution in [0, 0.1) is 0 Å². The zero-order valence-corrected chi connectivity index (χ0v) is 11.5. The van der Waals surface area contributed by atoms with E-state index in [1.165, 1.54) is 5.56 Å². The van der Waals surface area contributed by atoms with Crippen LogP contribution in [0.5, 0.6) is 0 Å². The summed E-state index contributed by atoms with van der Waals surface area (Å²) in [6, 6.07) is 6.15. The van der Waals surface area contributed by atoms with Gasteiger partial charge >= 0.3 is 0 Å². The molecule has 0 aliphatic heterocycles. The minimum absolute atomic E-state index is 0.777. The van der Waals surface area contributed by atoms with E-state index in [1.54, 1.807) is 0 Å². The van der Waals surface area contributed by atoms with E-state index in [2.05, 4.69) is 29.5 Å². The van der Waals surface area contributed by atoms with Crippen LogP contribution in [0.1, 0.15) is 18.9 Å². The SMILES string of the molecule is CCCn1cc(-c2ccc(CNC)cc2Cl)cn1. The third kappa shape index (κ3) is 2.92. The third-order valence-electron chi connectivity index (χ3n) is 2.81. The number of nitrogens with one attached hydrogen (secondary N) is 1. The Kier molecular flexibility index (Phi) is 4.39. The molecule has 0 atom stereocenters. The van der Waals surface area contributed by atoms with E-state index in [4.69, 9.17) is 11.6 Å². The number of aromatic nitrogens is 2. The van der Waals surface area contributed by atoms with Gasteiger partial charge in [0.25, 0.3) is 0 Å². The van der Waals surface area contributed by atoms with Crippen LogP contribution in [0.2, 0.25) is 5.02 Å². The summed E-state index contributed by atoms with van der Waals surface area (Å²) in [7, 11) is 1.93. The number of hydrogen-bond acceptors (Lipinski definition) is 2. The molecule has 0 amide bonds. The van der Waals surface area contributed by atoms with Gasteiger partial charge in [0.2, 0.25) is 0 Å². The summed E-state index contributed by atoms with van der Waals surface area (Å²) in [5, 5.41) is 8.22. The zero-order valence-electron chi connectivity index (χ0n) is 10.8. The van der Waals surface area contributed by atoms with Gasteiger partial charge in [-0.3, -0.25) is 4.68 Å². The first-order valence-corrected chi connectivity index (χ1v) is 6.58. The van der Waals surface area contributed by atoms with Crippen molar-refractivity contribution in [3.63, 3.8) is 0 Å². The Morgan fingerprint density at radius 3 is 2.89 bits per heavy atom. The molecule has 0 spiro atoms. The van der Waals surface area contributed by atoms with Crippen molar-refractivity contribution in [1.82, 2.24) is 15.1 Å². The van der Waals surface area contributed by atoms with Crippen LogP contribution in [0.15, 0.2) is 30.6 Å². The molecule has 2 aromatic rings. The molecule has 0 saturated carbocycles. The highest BCUT2D eigenvalue weighted by Gasteiger charge is 2.06.